The van der Waals surface area contributed by atoms with Crippen molar-refractivity contribution in [3.63, 3.8) is 0 Å². The van der Waals surface area contributed by atoms with Crippen LogP contribution in [0.15, 0.2) is 54.6 Å². The van der Waals surface area contributed by atoms with Crippen molar-refractivity contribution in [2.75, 3.05) is 31.5 Å². The summed E-state index contributed by atoms with van der Waals surface area (Å²) in [4.78, 5) is 16.9. The molecule has 2 aliphatic heterocycles. The van der Waals surface area contributed by atoms with Crippen molar-refractivity contribution in [1.82, 2.24) is 9.80 Å². The van der Waals surface area contributed by atoms with Crippen LogP contribution in [-0.4, -0.2) is 48.1 Å². The molecule has 0 spiro atoms. The van der Waals surface area contributed by atoms with E-state index in [1.165, 1.54) is 30.4 Å². The first kappa shape index (κ1) is 18.1. The van der Waals surface area contributed by atoms with E-state index < -0.39 is 0 Å². The molecule has 0 radical (unpaired) electrons. The zero-order valence-corrected chi connectivity index (χ0v) is 16.1. The van der Waals surface area contributed by atoms with Gasteiger partial charge in [-0.25, -0.2) is 4.79 Å². The second-order valence-corrected chi connectivity index (χ2v) is 8.02. The van der Waals surface area contributed by atoms with Crippen LogP contribution in [0.1, 0.15) is 24.0 Å². The summed E-state index contributed by atoms with van der Waals surface area (Å²) >= 11 is 0. The molecule has 4 heteroatoms. The van der Waals surface area contributed by atoms with E-state index in [2.05, 4.69) is 47.5 Å². The van der Waals surface area contributed by atoms with Crippen LogP contribution in [0, 0.1) is 12.8 Å². The second kappa shape index (κ2) is 8.13. The number of hydrogen-bond donors (Lipinski definition) is 1. The standard InChI is InChI=1S/C23H29N3O/c1-18-7-9-21(10-8-18)24-23(27)26-16-22(17-26)25-13-11-20(12-14-25)15-19-5-3-2-4-6-19/h2-10,20,22H,11-17H2,1H3,(H,24,27). The third-order valence-electron chi connectivity index (χ3n) is 5.99. The zero-order valence-electron chi connectivity index (χ0n) is 16.1. The Labute approximate surface area is 162 Å². The van der Waals surface area contributed by atoms with Crippen molar-refractivity contribution in [3.8, 4) is 0 Å². The molecule has 0 atom stereocenters. The largest absolute Gasteiger partial charge is 0.321 e. The Morgan fingerprint density at radius 3 is 2.33 bits per heavy atom. The molecule has 27 heavy (non-hydrogen) atoms. The van der Waals surface area contributed by atoms with E-state index in [-0.39, 0.29) is 6.03 Å². The summed E-state index contributed by atoms with van der Waals surface area (Å²) in [6.07, 6.45) is 3.73. The molecule has 0 bridgehead atoms. The van der Waals surface area contributed by atoms with Gasteiger partial charge in [0.25, 0.3) is 0 Å². The molecule has 0 aromatic heterocycles. The van der Waals surface area contributed by atoms with Gasteiger partial charge in [-0.05, 0) is 62.9 Å². The molecule has 2 amide bonds. The van der Waals surface area contributed by atoms with Crippen molar-refractivity contribution in [2.24, 2.45) is 5.92 Å². The van der Waals surface area contributed by atoms with Crippen LogP contribution in [0.4, 0.5) is 10.5 Å². The van der Waals surface area contributed by atoms with Crippen molar-refractivity contribution < 1.29 is 4.79 Å². The minimum atomic E-state index is 0.0223. The summed E-state index contributed by atoms with van der Waals surface area (Å²) < 4.78 is 0. The number of aryl methyl sites for hydroxylation is 1. The highest BCUT2D eigenvalue weighted by atomic mass is 16.2. The van der Waals surface area contributed by atoms with Gasteiger partial charge in [0, 0.05) is 24.8 Å². The van der Waals surface area contributed by atoms with Gasteiger partial charge in [-0.3, -0.25) is 4.90 Å². The molecule has 4 rings (SSSR count). The number of carbonyl (C=O) groups excluding carboxylic acids is 1. The maximum absolute atomic E-state index is 12.4. The Morgan fingerprint density at radius 1 is 1.00 bits per heavy atom. The Hall–Kier alpha value is -2.33. The molecule has 1 N–H and O–H groups in total. The first-order valence-corrected chi connectivity index (χ1v) is 10.1. The maximum atomic E-state index is 12.4. The first-order chi connectivity index (χ1) is 13.2. The molecular formula is C23H29N3O. The van der Waals surface area contributed by atoms with Gasteiger partial charge in [-0.2, -0.15) is 0 Å². The Balaban J connectivity index is 1.19. The number of urea groups is 1. The topological polar surface area (TPSA) is 35.6 Å². The van der Waals surface area contributed by atoms with Crippen LogP contribution in [0.25, 0.3) is 0 Å². The van der Waals surface area contributed by atoms with Crippen LogP contribution >= 0.6 is 0 Å². The number of piperidine rings is 1. The minimum absolute atomic E-state index is 0.0223. The predicted octanol–water partition coefficient (Wildman–Crippen LogP) is 4.17. The molecule has 0 saturated carbocycles. The van der Waals surface area contributed by atoms with Crippen LogP contribution in [-0.2, 0) is 6.42 Å². The fourth-order valence-corrected chi connectivity index (χ4v) is 4.16. The number of nitrogens with zero attached hydrogens (tertiary/aromatic N) is 2. The highest BCUT2D eigenvalue weighted by molar-refractivity contribution is 5.89. The number of likely N-dealkylation sites (tertiary alicyclic amines) is 2. The van der Waals surface area contributed by atoms with Crippen molar-refractivity contribution in [2.45, 2.75) is 32.2 Å². The van der Waals surface area contributed by atoms with Crippen LogP contribution in [0.5, 0.6) is 0 Å². The number of amides is 2. The van der Waals surface area contributed by atoms with Gasteiger partial charge in [0.15, 0.2) is 0 Å². The molecule has 0 unspecified atom stereocenters. The number of hydrogen-bond acceptors (Lipinski definition) is 2. The number of anilines is 1. The van der Waals surface area contributed by atoms with E-state index in [0.29, 0.717) is 6.04 Å². The average molecular weight is 364 g/mol. The summed E-state index contributed by atoms with van der Waals surface area (Å²) in [6, 6.07) is 19.4. The Bertz CT molecular complexity index is 745. The molecule has 142 valence electrons. The van der Waals surface area contributed by atoms with E-state index in [9.17, 15) is 4.79 Å². The van der Waals surface area contributed by atoms with E-state index in [1.807, 2.05) is 29.2 Å². The van der Waals surface area contributed by atoms with Gasteiger partial charge in [0.05, 0.1) is 0 Å². The Morgan fingerprint density at radius 2 is 1.67 bits per heavy atom. The third-order valence-corrected chi connectivity index (χ3v) is 5.99. The molecule has 2 heterocycles. The lowest BCUT2D eigenvalue weighted by Crippen LogP contribution is -2.63. The molecule has 0 aliphatic carbocycles. The van der Waals surface area contributed by atoms with E-state index >= 15 is 0 Å². The quantitative estimate of drug-likeness (QED) is 0.885. The fourth-order valence-electron chi connectivity index (χ4n) is 4.16. The fraction of sp³-hybridized carbons (Fsp3) is 0.435. The van der Waals surface area contributed by atoms with Gasteiger partial charge in [-0.15, -0.1) is 0 Å². The SMILES string of the molecule is Cc1ccc(NC(=O)N2CC(N3CCC(Cc4ccccc4)CC3)C2)cc1. The molecule has 2 aromatic rings. The number of benzene rings is 2. The second-order valence-electron chi connectivity index (χ2n) is 8.02. The normalized spacial score (nSPS) is 18.9. The molecule has 2 fully saturated rings. The maximum Gasteiger partial charge on any atom is 0.321 e. The number of nitrogens with one attached hydrogen (secondary N) is 1. The summed E-state index contributed by atoms with van der Waals surface area (Å²) in [6.45, 7) is 6.07. The van der Waals surface area contributed by atoms with Crippen molar-refractivity contribution in [3.05, 3.63) is 65.7 Å². The number of rotatable bonds is 4. The first-order valence-electron chi connectivity index (χ1n) is 10.1. The lowest BCUT2D eigenvalue weighted by atomic mass is 9.89. The van der Waals surface area contributed by atoms with Crippen LogP contribution in [0.3, 0.4) is 0 Å². The van der Waals surface area contributed by atoms with Gasteiger partial charge in [0.2, 0.25) is 0 Å². The molecule has 2 saturated heterocycles. The van der Waals surface area contributed by atoms with E-state index in [1.54, 1.807) is 0 Å². The van der Waals surface area contributed by atoms with Gasteiger partial charge in [-0.1, -0.05) is 48.0 Å². The molecular weight excluding hydrogens is 334 g/mol. The van der Waals surface area contributed by atoms with E-state index in [0.717, 1.165) is 37.8 Å². The summed E-state index contributed by atoms with van der Waals surface area (Å²) in [5.41, 5.74) is 3.53. The zero-order chi connectivity index (χ0) is 18.6. The molecule has 2 aliphatic rings. The lowest BCUT2D eigenvalue weighted by molar-refractivity contribution is 0.0383. The smallest absolute Gasteiger partial charge is 0.321 e. The molecule has 4 nitrogen and oxygen atoms in total. The van der Waals surface area contributed by atoms with Gasteiger partial charge in [0.1, 0.15) is 0 Å². The van der Waals surface area contributed by atoms with Gasteiger partial charge < -0.3 is 10.2 Å². The van der Waals surface area contributed by atoms with Crippen molar-refractivity contribution >= 4 is 11.7 Å². The molecule has 2 aromatic carbocycles. The summed E-state index contributed by atoms with van der Waals surface area (Å²) in [7, 11) is 0. The summed E-state index contributed by atoms with van der Waals surface area (Å²) in [5.74, 6) is 0.796. The van der Waals surface area contributed by atoms with Crippen molar-refractivity contribution in [1.29, 1.82) is 0 Å². The minimum Gasteiger partial charge on any atom is -0.321 e. The van der Waals surface area contributed by atoms with E-state index in [4.69, 9.17) is 0 Å². The predicted molar refractivity (Wildman–Crippen MR) is 110 cm³/mol. The van der Waals surface area contributed by atoms with Crippen LogP contribution < -0.4 is 5.32 Å². The number of carbonyl (C=O) groups is 1. The van der Waals surface area contributed by atoms with Gasteiger partial charge >= 0.3 is 6.03 Å². The summed E-state index contributed by atoms with van der Waals surface area (Å²) in [5, 5.41) is 3.00. The average Bonchev–Trinajstić information content (AvgIpc) is 2.65. The highest BCUT2D eigenvalue weighted by Crippen LogP contribution is 2.26. The highest BCUT2D eigenvalue weighted by Gasteiger charge is 2.36. The lowest BCUT2D eigenvalue weighted by Gasteiger charge is -2.47. The van der Waals surface area contributed by atoms with Crippen LogP contribution in [0.2, 0.25) is 0 Å². The Kier molecular flexibility index (Phi) is 5.44. The third kappa shape index (κ3) is 4.51. The monoisotopic (exact) mass is 363 g/mol.